The van der Waals surface area contributed by atoms with E-state index in [2.05, 4.69) is 0 Å². The van der Waals surface area contributed by atoms with Crippen molar-refractivity contribution in [2.24, 2.45) is 0 Å². The van der Waals surface area contributed by atoms with Crippen LogP contribution in [0.25, 0.3) is 0 Å². The zero-order valence-electron chi connectivity index (χ0n) is 19.0. The van der Waals surface area contributed by atoms with Gasteiger partial charge in [0, 0.05) is 19.6 Å². The fourth-order valence-corrected chi connectivity index (χ4v) is 3.42. The summed E-state index contributed by atoms with van der Waals surface area (Å²) in [5, 5.41) is 0. The van der Waals surface area contributed by atoms with Gasteiger partial charge in [0.25, 0.3) is 0 Å². The summed E-state index contributed by atoms with van der Waals surface area (Å²) in [5.74, 6) is 0. The van der Waals surface area contributed by atoms with Crippen molar-refractivity contribution in [1.29, 1.82) is 0 Å². The van der Waals surface area contributed by atoms with Crippen LogP contribution >= 0.6 is 0 Å². The third kappa shape index (κ3) is 7.27. The molecule has 1 fully saturated rings. The Balaban J connectivity index is 1.60. The number of nitrogens with zero attached hydrogens (tertiary/aromatic N) is 2. The SMILES string of the molecule is CC(C)(C)OC(=O)N1CCN(C(=O)OCc2ccccc2)C[C@H]1COCc1ccccc1. The smallest absolute Gasteiger partial charge is 0.410 e. The second-order valence-electron chi connectivity index (χ2n) is 8.81. The van der Waals surface area contributed by atoms with Gasteiger partial charge in [0.05, 0.1) is 19.3 Å². The summed E-state index contributed by atoms with van der Waals surface area (Å²) in [6.07, 6.45) is -0.797. The van der Waals surface area contributed by atoms with Gasteiger partial charge < -0.3 is 19.1 Å². The van der Waals surface area contributed by atoms with Gasteiger partial charge in [0.1, 0.15) is 12.2 Å². The fourth-order valence-electron chi connectivity index (χ4n) is 3.42. The third-order valence-corrected chi connectivity index (χ3v) is 5.00. The van der Waals surface area contributed by atoms with E-state index in [9.17, 15) is 9.59 Å². The van der Waals surface area contributed by atoms with Crippen LogP contribution in [0.1, 0.15) is 31.9 Å². The maximum Gasteiger partial charge on any atom is 0.410 e. The lowest BCUT2D eigenvalue weighted by Gasteiger charge is -2.41. The minimum Gasteiger partial charge on any atom is -0.445 e. The molecular weight excluding hydrogens is 408 g/mol. The van der Waals surface area contributed by atoms with Crippen molar-refractivity contribution < 1.29 is 23.8 Å². The molecule has 1 aliphatic rings. The van der Waals surface area contributed by atoms with Gasteiger partial charge in [-0.05, 0) is 31.9 Å². The largest absolute Gasteiger partial charge is 0.445 e. The van der Waals surface area contributed by atoms with E-state index in [1.807, 2.05) is 81.4 Å². The summed E-state index contributed by atoms with van der Waals surface area (Å²) >= 11 is 0. The topological polar surface area (TPSA) is 68.3 Å². The molecule has 0 N–H and O–H groups in total. The fraction of sp³-hybridized carbons (Fsp3) is 0.440. The number of carbonyl (C=O) groups excluding carboxylic acids is 2. The monoisotopic (exact) mass is 440 g/mol. The Hall–Kier alpha value is -3.06. The molecule has 0 spiro atoms. The average Bonchev–Trinajstić information content (AvgIpc) is 2.77. The minimum absolute atomic E-state index is 0.209. The number of hydrogen-bond acceptors (Lipinski definition) is 5. The first-order valence-corrected chi connectivity index (χ1v) is 10.9. The van der Waals surface area contributed by atoms with Crippen LogP contribution in [0.2, 0.25) is 0 Å². The molecule has 0 aliphatic carbocycles. The Morgan fingerprint density at radius 2 is 1.47 bits per heavy atom. The van der Waals surface area contributed by atoms with Crippen molar-refractivity contribution in [1.82, 2.24) is 9.80 Å². The Bertz CT molecular complexity index is 867. The first-order chi connectivity index (χ1) is 15.3. The van der Waals surface area contributed by atoms with E-state index in [0.717, 1.165) is 11.1 Å². The summed E-state index contributed by atoms with van der Waals surface area (Å²) in [5.41, 5.74) is 1.38. The Morgan fingerprint density at radius 1 is 0.875 bits per heavy atom. The zero-order valence-corrected chi connectivity index (χ0v) is 19.0. The predicted molar refractivity (Wildman–Crippen MR) is 121 cm³/mol. The lowest BCUT2D eigenvalue weighted by atomic mass is 10.2. The maximum atomic E-state index is 12.8. The molecule has 1 heterocycles. The molecular formula is C25H32N2O5. The van der Waals surface area contributed by atoms with Crippen LogP contribution in [0.15, 0.2) is 60.7 Å². The molecule has 1 saturated heterocycles. The average molecular weight is 441 g/mol. The van der Waals surface area contributed by atoms with Crippen LogP contribution in [0.5, 0.6) is 0 Å². The molecule has 1 aliphatic heterocycles. The molecule has 0 bridgehead atoms. The minimum atomic E-state index is -0.599. The summed E-state index contributed by atoms with van der Waals surface area (Å²) in [6, 6.07) is 19.1. The van der Waals surface area contributed by atoms with Crippen molar-refractivity contribution in [3.8, 4) is 0 Å². The molecule has 1 atom stereocenters. The van der Waals surface area contributed by atoms with Crippen LogP contribution in [-0.4, -0.2) is 59.9 Å². The van der Waals surface area contributed by atoms with Crippen molar-refractivity contribution >= 4 is 12.2 Å². The summed E-state index contributed by atoms with van der Waals surface area (Å²) < 4.78 is 16.9. The van der Waals surface area contributed by atoms with Gasteiger partial charge in [-0.15, -0.1) is 0 Å². The molecule has 32 heavy (non-hydrogen) atoms. The number of ether oxygens (including phenoxy) is 3. The van der Waals surface area contributed by atoms with E-state index >= 15 is 0 Å². The second kappa shape index (κ2) is 11.0. The highest BCUT2D eigenvalue weighted by molar-refractivity contribution is 5.71. The van der Waals surface area contributed by atoms with Crippen molar-refractivity contribution in [2.75, 3.05) is 26.2 Å². The van der Waals surface area contributed by atoms with Gasteiger partial charge in [-0.25, -0.2) is 9.59 Å². The molecule has 2 amide bonds. The highest BCUT2D eigenvalue weighted by atomic mass is 16.6. The standard InChI is InChI=1S/C25H32N2O5/c1-25(2,3)32-24(29)27-15-14-26(23(28)31-18-21-12-8-5-9-13-21)16-22(27)19-30-17-20-10-6-4-7-11-20/h4-13,22H,14-19H2,1-3H3/t22-/m0/s1. The van der Waals surface area contributed by atoms with Gasteiger partial charge in [-0.3, -0.25) is 4.90 Å². The molecule has 2 aromatic rings. The normalized spacial score (nSPS) is 16.5. The van der Waals surface area contributed by atoms with Crippen LogP contribution < -0.4 is 0 Å². The number of amides is 2. The van der Waals surface area contributed by atoms with Crippen LogP contribution in [0, 0.1) is 0 Å². The molecule has 172 valence electrons. The Labute approximate surface area is 189 Å². The number of rotatable bonds is 6. The third-order valence-electron chi connectivity index (χ3n) is 5.00. The molecule has 3 rings (SSSR count). The van der Waals surface area contributed by atoms with Gasteiger partial charge in [0.2, 0.25) is 0 Å². The lowest BCUT2D eigenvalue weighted by Crippen LogP contribution is -2.58. The van der Waals surface area contributed by atoms with Crippen LogP contribution in [0.4, 0.5) is 9.59 Å². The van der Waals surface area contributed by atoms with E-state index in [0.29, 0.717) is 26.2 Å². The number of hydrogen-bond donors (Lipinski definition) is 0. The first-order valence-electron chi connectivity index (χ1n) is 10.9. The quantitative estimate of drug-likeness (QED) is 0.663. The molecule has 0 unspecified atom stereocenters. The van der Waals surface area contributed by atoms with E-state index in [4.69, 9.17) is 14.2 Å². The van der Waals surface area contributed by atoms with Crippen LogP contribution in [-0.2, 0) is 27.4 Å². The molecule has 2 aromatic carbocycles. The van der Waals surface area contributed by atoms with Gasteiger partial charge in [-0.1, -0.05) is 60.7 Å². The van der Waals surface area contributed by atoms with E-state index in [1.54, 1.807) is 9.80 Å². The Kier molecular flexibility index (Phi) is 8.11. The van der Waals surface area contributed by atoms with Gasteiger partial charge in [-0.2, -0.15) is 0 Å². The molecule has 7 nitrogen and oxygen atoms in total. The lowest BCUT2D eigenvalue weighted by molar-refractivity contribution is -0.0246. The van der Waals surface area contributed by atoms with Crippen molar-refractivity contribution in [3.05, 3.63) is 71.8 Å². The van der Waals surface area contributed by atoms with Crippen molar-refractivity contribution in [3.63, 3.8) is 0 Å². The van der Waals surface area contributed by atoms with E-state index < -0.39 is 17.8 Å². The summed E-state index contributed by atoms with van der Waals surface area (Å²) in [7, 11) is 0. The highest BCUT2D eigenvalue weighted by Crippen LogP contribution is 2.18. The summed E-state index contributed by atoms with van der Waals surface area (Å²) in [6.45, 7) is 7.49. The zero-order chi connectivity index (χ0) is 23.0. The molecule has 7 heteroatoms. The number of piperazine rings is 1. The van der Waals surface area contributed by atoms with Crippen molar-refractivity contribution in [2.45, 2.75) is 45.6 Å². The van der Waals surface area contributed by atoms with E-state index in [-0.39, 0.29) is 19.3 Å². The molecule has 0 radical (unpaired) electrons. The Morgan fingerprint density at radius 3 is 2.06 bits per heavy atom. The molecule has 0 saturated carbocycles. The highest BCUT2D eigenvalue weighted by Gasteiger charge is 2.35. The predicted octanol–water partition coefficient (Wildman–Crippen LogP) is 4.46. The first kappa shape index (κ1) is 23.6. The van der Waals surface area contributed by atoms with Gasteiger partial charge >= 0.3 is 12.2 Å². The number of benzene rings is 2. The molecule has 0 aromatic heterocycles. The van der Waals surface area contributed by atoms with E-state index in [1.165, 1.54) is 0 Å². The maximum absolute atomic E-state index is 12.8. The second-order valence-corrected chi connectivity index (χ2v) is 8.81. The van der Waals surface area contributed by atoms with Gasteiger partial charge in [0.15, 0.2) is 0 Å². The number of carbonyl (C=O) groups is 2. The van der Waals surface area contributed by atoms with Crippen LogP contribution in [0.3, 0.4) is 0 Å². The summed E-state index contributed by atoms with van der Waals surface area (Å²) in [4.78, 5) is 28.7.